The van der Waals surface area contributed by atoms with Crippen LogP contribution in [-0.4, -0.2) is 17.5 Å². The first-order valence-corrected chi connectivity index (χ1v) is 11.1. The number of carbonyl (C=O) groups is 1. The summed E-state index contributed by atoms with van der Waals surface area (Å²) in [5.74, 6) is 0.878. The summed E-state index contributed by atoms with van der Waals surface area (Å²) in [6.07, 6.45) is 0. The van der Waals surface area contributed by atoms with E-state index in [2.05, 4.69) is 54.5 Å². The van der Waals surface area contributed by atoms with Crippen molar-refractivity contribution in [2.75, 3.05) is 11.9 Å². The van der Waals surface area contributed by atoms with E-state index in [9.17, 15) is 4.79 Å². The van der Waals surface area contributed by atoms with Gasteiger partial charge in [0.25, 0.3) is 5.91 Å². The second-order valence-electron chi connectivity index (χ2n) is 7.55. The van der Waals surface area contributed by atoms with E-state index >= 15 is 0 Å². The molecular formula is C26H24N2O2S. The van der Waals surface area contributed by atoms with E-state index in [-0.39, 0.29) is 12.5 Å². The molecule has 0 fully saturated rings. The first kappa shape index (κ1) is 20.8. The summed E-state index contributed by atoms with van der Waals surface area (Å²) >= 11 is 1.40. The maximum Gasteiger partial charge on any atom is 0.264 e. The second kappa shape index (κ2) is 9.58. The molecular weight excluding hydrogens is 404 g/mol. The van der Waals surface area contributed by atoms with Crippen molar-refractivity contribution in [3.8, 4) is 28.1 Å². The van der Waals surface area contributed by atoms with Crippen LogP contribution in [0.15, 0.2) is 84.2 Å². The molecule has 0 saturated carbocycles. The third-order valence-electron chi connectivity index (χ3n) is 4.93. The Labute approximate surface area is 186 Å². The van der Waals surface area contributed by atoms with Crippen LogP contribution in [0.2, 0.25) is 0 Å². The van der Waals surface area contributed by atoms with E-state index in [0.717, 1.165) is 16.8 Å². The molecule has 1 aromatic heterocycles. The van der Waals surface area contributed by atoms with Gasteiger partial charge in [0.15, 0.2) is 11.7 Å². The van der Waals surface area contributed by atoms with Crippen molar-refractivity contribution < 1.29 is 9.53 Å². The van der Waals surface area contributed by atoms with E-state index in [0.29, 0.717) is 16.8 Å². The number of rotatable bonds is 7. The zero-order chi connectivity index (χ0) is 21.6. The van der Waals surface area contributed by atoms with Crippen molar-refractivity contribution in [2.24, 2.45) is 0 Å². The second-order valence-corrected chi connectivity index (χ2v) is 8.40. The molecule has 0 aliphatic carbocycles. The van der Waals surface area contributed by atoms with Crippen LogP contribution >= 0.6 is 11.3 Å². The number of nitrogens with zero attached hydrogens (tertiary/aromatic N) is 1. The molecule has 0 aliphatic heterocycles. The summed E-state index contributed by atoms with van der Waals surface area (Å²) in [5, 5.41) is 5.33. The van der Waals surface area contributed by atoms with Gasteiger partial charge in [0.05, 0.1) is 5.69 Å². The minimum Gasteiger partial charge on any atom is -0.484 e. The topological polar surface area (TPSA) is 51.2 Å². The Kier molecular flexibility index (Phi) is 6.43. The zero-order valence-corrected chi connectivity index (χ0v) is 18.4. The molecule has 0 unspecified atom stereocenters. The molecule has 0 saturated heterocycles. The quantitative estimate of drug-likeness (QED) is 0.360. The molecule has 0 aliphatic rings. The molecule has 0 radical (unpaired) electrons. The van der Waals surface area contributed by atoms with Crippen LogP contribution in [-0.2, 0) is 4.79 Å². The maximum atomic E-state index is 12.3. The van der Waals surface area contributed by atoms with Gasteiger partial charge in [-0.1, -0.05) is 80.6 Å². The van der Waals surface area contributed by atoms with Gasteiger partial charge in [-0.25, -0.2) is 4.98 Å². The molecule has 31 heavy (non-hydrogen) atoms. The first-order valence-electron chi connectivity index (χ1n) is 10.2. The number of hydrogen-bond donors (Lipinski definition) is 1. The Hall–Kier alpha value is -3.44. The van der Waals surface area contributed by atoms with Crippen LogP contribution < -0.4 is 10.1 Å². The Balaban J connectivity index is 1.35. The summed E-state index contributed by atoms with van der Waals surface area (Å²) < 4.78 is 5.64. The lowest BCUT2D eigenvalue weighted by molar-refractivity contribution is -0.118. The number of amides is 1. The van der Waals surface area contributed by atoms with Crippen LogP contribution in [0.25, 0.3) is 22.4 Å². The molecule has 3 aromatic carbocycles. The lowest BCUT2D eigenvalue weighted by Crippen LogP contribution is -2.20. The fraction of sp³-hybridized carbons (Fsp3) is 0.154. The molecule has 0 spiro atoms. The standard InChI is InChI=1S/C26H24N2O2S/c1-18(2)22-9-6-10-23(15-22)30-16-25(29)28-26-27-24(17-31-26)21-13-11-20(12-14-21)19-7-4-3-5-8-19/h3-15,17-18H,16H2,1-2H3,(H,27,28,29). The van der Waals surface area contributed by atoms with Crippen molar-refractivity contribution in [3.63, 3.8) is 0 Å². The van der Waals surface area contributed by atoms with Crippen molar-refractivity contribution in [3.05, 3.63) is 89.8 Å². The SMILES string of the molecule is CC(C)c1cccc(OCC(=O)Nc2nc(-c3ccc(-c4ccccc4)cc3)cs2)c1. The van der Waals surface area contributed by atoms with Gasteiger partial charge in [-0.2, -0.15) is 0 Å². The summed E-state index contributed by atoms with van der Waals surface area (Å²) in [6.45, 7) is 4.20. The highest BCUT2D eigenvalue weighted by molar-refractivity contribution is 7.14. The summed E-state index contributed by atoms with van der Waals surface area (Å²) in [5.41, 5.74) is 5.37. The number of anilines is 1. The lowest BCUT2D eigenvalue weighted by atomic mass is 10.0. The van der Waals surface area contributed by atoms with E-state index < -0.39 is 0 Å². The highest BCUT2D eigenvalue weighted by atomic mass is 32.1. The fourth-order valence-corrected chi connectivity index (χ4v) is 3.93. The molecule has 0 atom stereocenters. The fourth-order valence-electron chi connectivity index (χ4n) is 3.20. The number of nitrogens with one attached hydrogen (secondary N) is 1. The van der Waals surface area contributed by atoms with Crippen LogP contribution in [0.4, 0.5) is 5.13 Å². The van der Waals surface area contributed by atoms with E-state index in [1.807, 2.05) is 53.9 Å². The van der Waals surface area contributed by atoms with Gasteiger partial charge < -0.3 is 4.74 Å². The summed E-state index contributed by atoms with van der Waals surface area (Å²) in [4.78, 5) is 16.8. The molecule has 1 N–H and O–H groups in total. The van der Waals surface area contributed by atoms with Crippen LogP contribution in [0, 0.1) is 0 Å². The molecule has 1 heterocycles. The lowest BCUT2D eigenvalue weighted by Gasteiger charge is -2.09. The predicted octanol–water partition coefficient (Wildman–Crippen LogP) is 6.62. The van der Waals surface area contributed by atoms with E-state index in [1.54, 1.807) is 0 Å². The monoisotopic (exact) mass is 428 g/mol. The normalized spacial score (nSPS) is 10.8. The number of carbonyl (C=O) groups excluding carboxylic acids is 1. The van der Waals surface area contributed by atoms with Crippen LogP contribution in [0.3, 0.4) is 0 Å². The molecule has 4 rings (SSSR count). The van der Waals surface area contributed by atoms with Crippen molar-refractivity contribution >= 4 is 22.4 Å². The third-order valence-corrected chi connectivity index (χ3v) is 5.69. The van der Waals surface area contributed by atoms with Gasteiger partial charge in [-0.05, 0) is 34.7 Å². The van der Waals surface area contributed by atoms with Gasteiger partial charge in [-0.15, -0.1) is 11.3 Å². The Morgan fingerprint density at radius 3 is 2.39 bits per heavy atom. The molecule has 0 bridgehead atoms. The Morgan fingerprint density at radius 1 is 0.935 bits per heavy atom. The van der Waals surface area contributed by atoms with Crippen molar-refractivity contribution in [1.82, 2.24) is 4.98 Å². The smallest absolute Gasteiger partial charge is 0.264 e. The summed E-state index contributed by atoms with van der Waals surface area (Å²) in [6, 6.07) is 26.4. The molecule has 4 aromatic rings. The van der Waals surface area contributed by atoms with Crippen LogP contribution in [0.1, 0.15) is 25.3 Å². The largest absolute Gasteiger partial charge is 0.484 e. The van der Waals surface area contributed by atoms with Gasteiger partial charge in [0.2, 0.25) is 0 Å². The van der Waals surface area contributed by atoms with Gasteiger partial charge in [-0.3, -0.25) is 10.1 Å². The van der Waals surface area contributed by atoms with Gasteiger partial charge >= 0.3 is 0 Å². The number of benzene rings is 3. The minimum atomic E-state index is -0.227. The molecule has 156 valence electrons. The highest BCUT2D eigenvalue weighted by Crippen LogP contribution is 2.27. The predicted molar refractivity (Wildman–Crippen MR) is 128 cm³/mol. The molecule has 4 nitrogen and oxygen atoms in total. The number of thiazole rings is 1. The van der Waals surface area contributed by atoms with Gasteiger partial charge in [0, 0.05) is 10.9 Å². The van der Waals surface area contributed by atoms with E-state index in [4.69, 9.17) is 4.74 Å². The molecule has 1 amide bonds. The van der Waals surface area contributed by atoms with E-state index in [1.165, 1.54) is 22.5 Å². The Bertz CT molecular complexity index is 1150. The highest BCUT2D eigenvalue weighted by Gasteiger charge is 2.10. The number of hydrogen-bond acceptors (Lipinski definition) is 4. The van der Waals surface area contributed by atoms with Crippen LogP contribution in [0.5, 0.6) is 5.75 Å². The minimum absolute atomic E-state index is 0.0533. The van der Waals surface area contributed by atoms with Gasteiger partial charge in [0.1, 0.15) is 5.75 Å². The third kappa shape index (κ3) is 5.38. The average molecular weight is 429 g/mol. The van der Waals surface area contributed by atoms with Crippen molar-refractivity contribution in [2.45, 2.75) is 19.8 Å². The number of aromatic nitrogens is 1. The average Bonchev–Trinajstić information content (AvgIpc) is 3.27. The first-order chi connectivity index (χ1) is 15.1. The summed E-state index contributed by atoms with van der Waals surface area (Å²) in [7, 11) is 0. The van der Waals surface area contributed by atoms with Crippen molar-refractivity contribution in [1.29, 1.82) is 0 Å². The zero-order valence-electron chi connectivity index (χ0n) is 17.5. The Morgan fingerprint density at radius 2 is 1.65 bits per heavy atom. The number of ether oxygens (including phenoxy) is 1. The maximum absolute atomic E-state index is 12.3. The molecule has 5 heteroatoms.